The van der Waals surface area contributed by atoms with Gasteiger partial charge in [-0.15, -0.1) is 11.3 Å². The quantitative estimate of drug-likeness (QED) is 0.852. The number of carbonyl (C=O) groups is 1. The molecule has 2 N–H and O–H groups in total. The smallest absolute Gasteiger partial charge is 0.236 e. The number of amides is 1. The molecule has 0 saturated heterocycles. The Labute approximate surface area is 113 Å². The summed E-state index contributed by atoms with van der Waals surface area (Å²) in [6.07, 6.45) is 7.36. The Morgan fingerprint density at radius 1 is 1.33 bits per heavy atom. The molecule has 1 aromatic heterocycles. The van der Waals surface area contributed by atoms with Crippen molar-refractivity contribution in [3.63, 3.8) is 0 Å². The number of hydrogen-bond donors (Lipinski definition) is 1. The van der Waals surface area contributed by atoms with E-state index in [0.717, 1.165) is 19.4 Å². The van der Waals surface area contributed by atoms with Gasteiger partial charge in [-0.25, -0.2) is 0 Å². The molecule has 1 amide bonds. The van der Waals surface area contributed by atoms with Gasteiger partial charge < -0.3 is 10.6 Å². The highest BCUT2D eigenvalue weighted by Gasteiger charge is 2.24. The molecular weight excluding hydrogens is 244 g/mol. The summed E-state index contributed by atoms with van der Waals surface area (Å²) in [5, 5.41) is 2.06. The highest BCUT2D eigenvalue weighted by Crippen LogP contribution is 2.24. The van der Waals surface area contributed by atoms with E-state index < -0.39 is 0 Å². The normalized spacial score (nSPS) is 17.4. The minimum absolute atomic E-state index is 0.0929. The summed E-state index contributed by atoms with van der Waals surface area (Å²) in [4.78, 5) is 15.3. The van der Waals surface area contributed by atoms with Gasteiger partial charge in [0.25, 0.3) is 0 Å². The molecule has 0 aromatic carbocycles. The number of rotatable bonds is 4. The summed E-state index contributed by atoms with van der Waals surface area (Å²) in [6, 6.07) is 4.53. The fourth-order valence-corrected chi connectivity index (χ4v) is 3.38. The summed E-state index contributed by atoms with van der Waals surface area (Å²) < 4.78 is 0. The van der Waals surface area contributed by atoms with E-state index in [1.807, 2.05) is 11.0 Å². The highest BCUT2D eigenvalue weighted by atomic mass is 32.1. The lowest BCUT2D eigenvalue weighted by Gasteiger charge is -2.30. The van der Waals surface area contributed by atoms with Gasteiger partial charge in [-0.3, -0.25) is 4.79 Å². The van der Waals surface area contributed by atoms with Gasteiger partial charge in [0.05, 0.1) is 13.1 Å². The molecule has 0 atom stereocenters. The molecule has 2 rings (SSSR count). The molecule has 0 aliphatic heterocycles. The van der Waals surface area contributed by atoms with Crippen LogP contribution in [0.5, 0.6) is 0 Å². The third-order valence-corrected chi connectivity index (χ3v) is 4.53. The third kappa shape index (κ3) is 3.56. The van der Waals surface area contributed by atoms with Gasteiger partial charge in [-0.2, -0.15) is 0 Å². The second-order valence-electron chi connectivity index (χ2n) is 4.95. The molecule has 100 valence electrons. The van der Waals surface area contributed by atoms with Crippen molar-refractivity contribution < 1.29 is 4.79 Å². The Morgan fingerprint density at radius 2 is 2.06 bits per heavy atom. The second-order valence-corrected chi connectivity index (χ2v) is 5.98. The van der Waals surface area contributed by atoms with E-state index >= 15 is 0 Å². The monoisotopic (exact) mass is 266 g/mol. The average Bonchev–Trinajstić information content (AvgIpc) is 2.76. The first-order valence-corrected chi connectivity index (χ1v) is 7.71. The topological polar surface area (TPSA) is 46.3 Å². The van der Waals surface area contributed by atoms with Gasteiger partial charge in [0, 0.05) is 10.9 Å². The molecule has 0 spiro atoms. The van der Waals surface area contributed by atoms with Crippen LogP contribution in [0, 0.1) is 0 Å². The van der Waals surface area contributed by atoms with Crippen LogP contribution in [0.4, 0.5) is 0 Å². The van der Waals surface area contributed by atoms with Crippen molar-refractivity contribution in [2.24, 2.45) is 5.73 Å². The number of nitrogens with two attached hydrogens (primary N) is 1. The molecule has 1 aliphatic carbocycles. The minimum Gasteiger partial charge on any atom is -0.333 e. The highest BCUT2D eigenvalue weighted by molar-refractivity contribution is 7.09. The molecule has 1 heterocycles. The van der Waals surface area contributed by atoms with Gasteiger partial charge >= 0.3 is 0 Å². The standard InChI is InChI=1S/C14H22N2OS/c15-10-14(17)16(11-13-8-5-9-18-13)12-6-3-1-2-4-7-12/h5,8-9,12H,1-4,6-7,10-11,15H2. The molecular formula is C14H22N2OS. The first kappa shape index (κ1) is 13.6. The van der Waals surface area contributed by atoms with Gasteiger partial charge in [0.1, 0.15) is 0 Å². The zero-order chi connectivity index (χ0) is 12.8. The Morgan fingerprint density at radius 3 is 2.61 bits per heavy atom. The Balaban J connectivity index is 2.05. The van der Waals surface area contributed by atoms with E-state index in [-0.39, 0.29) is 12.5 Å². The van der Waals surface area contributed by atoms with Gasteiger partial charge in [0.15, 0.2) is 0 Å². The van der Waals surface area contributed by atoms with Crippen molar-refractivity contribution in [2.75, 3.05) is 6.54 Å². The summed E-state index contributed by atoms with van der Waals surface area (Å²) in [7, 11) is 0. The van der Waals surface area contributed by atoms with Crippen molar-refractivity contribution >= 4 is 17.2 Å². The maximum absolute atomic E-state index is 12.1. The lowest BCUT2D eigenvalue weighted by atomic mass is 10.1. The van der Waals surface area contributed by atoms with Crippen LogP contribution >= 0.6 is 11.3 Å². The number of hydrogen-bond acceptors (Lipinski definition) is 3. The maximum Gasteiger partial charge on any atom is 0.236 e. The van der Waals surface area contributed by atoms with Crippen LogP contribution in [0.25, 0.3) is 0 Å². The molecule has 18 heavy (non-hydrogen) atoms. The maximum atomic E-state index is 12.1. The molecule has 1 saturated carbocycles. The van der Waals surface area contributed by atoms with Crippen molar-refractivity contribution in [3.8, 4) is 0 Å². The van der Waals surface area contributed by atoms with Gasteiger partial charge in [-0.05, 0) is 24.3 Å². The largest absolute Gasteiger partial charge is 0.333 e. The molecule has 0 bridgehead atoms. The number of carbonyl (C=O) groups excluding carboxylic acids is 1. The predicted molar refractivity (Wildman–Crippen MR) is 75.4 cm³/mol. The van der Waals surface area contributed by atoms with Crippen LogP contribution in [0.3, 0.4) is 0 Å². The zero-order valence-electron chi connectivity index (χ0n) is 10.8. The average molecular weight is 266 g/mol. The van der Waals surface area contributed by atoms with Crippen LogP contribution in [-0.2, 0) is 11.3 Å². The third-order valence-electron chi connectivity index (χ3n) is 3.67. The molecule has 1 aliphatic rings. The predicted octanol–water partition coefficient (Wildman–Crippen LogP) is 2.76. The van der Waals surface area contributed by atoms with E-state index in [1.165, 1.54) is 30.6 Å². The summed E-state index contributed by atoms with van der Waals surface area (Å²) >= 11 is 1.71. The van der Waals surface area contributed by atoms with Crippen LogP contribution in [0.15, 0.2) is 17.5 Å². The first-order chi connectivity index (χ1) is 8.81. The zero-order valence-corrected chi connectivity index (χ0v) is 11.6. The van der Waals surface area contributed by atoms with Gasteiger partial charge in [0.2, 0.25) is 5.91 Å². The molecule has 0 unspecified atom stereocenters. The SMILES string of the molecule is NCC(=O)N(Cc1cccs1)C1CCCCCC1. The van der Waals surface area contributed by atoms with Crippen LogP contribution < -0.4 is 5.73 Å². The Kier molecular flexibility index (Phi) is 5.20. The molecule has 4 heteroatoms. The van der Waals surface area contributed by atoms with Crippen molar-refractivity contribution in [2.45, 2.75) is 51.1 Å². The summed E-state index contributed by atoms with van der Waals surface area (Å²) in [5.41, 5.74) is 5.56. The van der Waals surface area contributed by atoms with Crippen molar-refractivity contribution in [1.29, 1.82) is 0 Å². The van der Waals surface area contributed by atoms with Gasteiger partial charge in [-0.1, -0.05) is 31.7 Å². The summed E-state index contributed by atoms with van der Waals surface area (Å²) in [5.74, 6) is 0.0929. The lowest BCUT2D eigenvalue weighted by molar-refractivity contribution is -0.132. The molecule has 1 fully saturated rings. The first-order valence-electron chi connectivity index (χ1n) is 6.83. The molecule has 3 nitrogen and oxygen atoms in total. The van der Waals surface area contributed by atoms with E-state index in [4.69, 9.17) is 5.73 Å². The van der Waals surface area contributed by atoms with Crippen LogP contribution in [0.1, 0.15) is 43.4 Å². The van der Waals surface area contributed by atoms with Crippen LogP contribution in [0.2, 0.25) is 0 Å². The van der Waals surface area contributed by atoms with E-state index in [2.05, 4.69) is 11.4 Å². The fraction of sp³-hybridized carbons (Fsp3) is 0.643. The van der Waals surface area contributed by atoms with Crippen LogP contribution in [-0.4, -0.2) is 23.4 Å². The fourth-order valence-electron chi connectivity index (χ4n) is 2.68. The Bertz CT molecular complexity index is 356. The van der Waals surface area contributed by atoms with Crippen molar-refractivity contribution in [1.82, 2.24) is 4.90 Å². The van der Waals surface area contributed by atoms with E-state index in [1.54, 1.807) is 11.3 Å². The van der Waals surface area contributed by atoms with Crippen molar-refractivity contribution in [3.05, 3.63) is 22.4 Å². The lowest BCUT2D eigenvalue weighted by Crippen LogP contribution is -2.42. The minimum atomic E-state index is 0.0929. The molecule has 0 radical (unpaired) electrons. The Hall–Kier alpha value is -0.870. The molecule has 1 aromatic rings. The number of nitrogens with zero attached hydrogens (tertiary/aromatic N) is 1. The van der Waals surface area contributed by atoms with E-state index in [9.17, 15) is 4.79 Å². The van der Waals surface area contributed by atoms with E-state index in [0.29, 0.717) is 6.04 Å². The second kappa shape index (κ2) is 6.90. The number of thiophene rings is 1. The summed E-state index contributed by atoms with van der Waals surface area (Å²) in [6.45, 7) is 0.861.